The van der Waals surface area contributed by atoms with E-state index in [1.807, 2.05) is 37.5 Å². The number of piperazine rings is 1. The van der Waals surface area contributed by atoms with Crippen molar-refractivity contribution >= 4 is 5.91 Å². The maximum Gasteiger partial charge on any atom is 0.255 e. The summed E-state index contributed by atoms with van der Waals surface area (Å²) in [6.07, 6.45) is 3.58. The van der Waals surface area contributed by atoms with Gasteiger partial charge in [0.05, 0.1) is 26.3 Å². The Bertz CT molecular complexity index is 1130. The lowest BCUT2D eigenvalue weighted by Gasteiger charge is -2.34. The Labute approximate surface area is 219 Å². The molecule has 0 radical (unpaired) electrons. The van der Waals surface area contributed by atoms with Crippen molar-refractivity contribution < 1.29 is 19.0 Å². The van der Waals surface area contributed by atoms with Crippen LogP contribution in [0.2, 0.25) is 0 Å². The van der Waals surface area contributed by atoms with Gasteiger partial charge in [0.1, 0.15) is 23.4 Å². The molecule has 1 amide bonds. The molecule has 2 aromatic carbocycles. The van der Waals surface area contributed by atoms with Crippen molar-refractivity contribution in [3.05, 3.63) is 83.7 Å². The van der Waals surface area contributed by atoms with Crippen LogP contribution in [0.3, 0.4) is 0 Å². The van der Waals surface area contributed by atoms with E-state index in [-0.39, 0.29) is 12.0 Å². The maximum absolute atomic E-state index is 12.6. The van der Waals surface area contributed by atoms with Crippen LogP contribution in [-0.4, -0.2) is 73.7 Å². The molecule has 1 saturated heterocycles. The molecule has 2 heterocycles. The van der Waals surface area contributed by atoms with Crippen molar-refractivity contribution in [2.24, 2.45) is 0 Å². The summed E-state index contributed by atoms with van der Waals surface area (Å²) in [4.78, 5) is 21.8. The van der Waals surface area contributed by atoms with Crippen molar-refractivity contribution in [2.75, 3.05) is 46.9 Å². The first-order valence-electron chi connectivity index (χ1n) is 12.6. The zero-order valence-electron chi connectivity index (χ0n) is 21.9. The highest BCUT2D eigenvalue weighted by atomic mass is 16.5. The van der Waals surface area contributed by atoms with Crippen molar-refractivity contribution in [1.29, 1.82) is 0 Å². The normalized spacial score (nSPS) is 15.1. The predicted octanol–water partition coefficient (Wildman–Crippen LogP) is 3.61. The fraction of sp³-hybridized carbons (Fsp3) is 0.379. The standard InChI is InChI=1S/C29H36N4O4/c1-22(18-31-29(34)27-11-10-26(35-2)17-28(27)36-3)37-25-8-6-23(7-9-25)20-32-13-15-33(16-14-32)21-24-5-4-12-30-19-24/h4-12,17,19,22H,13-16,18,20-21H2,1-3H3,(H,31,34)/t22-/m0/s1. The smallest absolute Gasteiger partial charge is 0.255 e. The topological polar surface area (TPSA) is 76.2 Å². The summed E-state index contributed by atoms with van der Waals surface area (Å²) in [6.45, 7) is 8.41. The van der Waals surface area contributed by atoms with Gasteiger partial charge in [0.2, 0.25) is 0 Å². The maximum atomic E-state index is 12.6. The van der Waals surface area contributed by atoms with E-state index >= 15 is 0 Å². The molecule has 1 aliphatic heterocycles. The molecule has 4 rings (SSSR count). The van der Waals surface area contributed by atoms with Gasteiger partial charge in [-0.2, -0.15) is 0 Å². The number of amides is 1. The number of pyridine rings is 1. The SMILES string of the molecule is COc1ccc(C(=O)NC[C@H](C)Oc2ccc(CN3CCN(Cc4cccnc4)CC3)cc2)c(OC)c1. The first-order valence-corrected chi connectivity index (χ1v) is 12.6. The molecule has 0 aliphatic carbocycles. The Kier molecular flexibility index (Phi) is 9.35. The van der Waals surface area contributed by atoms with Crippen LogP contribution in [0.25, 0.3) is 0 Å². The summed E-state index contributed by atoms with van der Waals surface area (Å²) in [7, 11) is 3.11. The van der Waals surface area contributed by atoms with E-state index < -0.39 is 0 Å². The largest absolute Gasteiger partial charge is 0.497 e. The molecule has 0 unspecified atom stereocenters. The number of carbonyl (C=O) groups excluding carboxylic acids is 1. The van der Waals surface area contributed by atoms with E-state index in [0.29, 0.717) is 23.6 Å². The van der Waals surface area contributed by atoms with Gasteiger partial charge in [0, 0.05) is 57.7 Å². The molecule has 0 bridgehead atoms. The number of hydrogen-bond acceptors (Lipinski definition) is 7. The van der Waals surface area contributed by atoms with E-state index in [9.17, 15) is 4.79 Å². The minimum absolute atomic E-state index is 0.188. The molecule has 0 saturated carbocycles. The first kappa shape index (κ1) is 26.4. The van der Waals surface area contributed by atoms with Crippen LogP contribution in [0.15, 0.2) is 67.0 Å². The van der Waals surface area contributed by atoms with Crippen LogP contribution >= 0.6 is 0 Å². The summed E-state index contributed by atoms with van der Waals surface area (Å²) < 4.78 is 16.5. The first-order chi connectivity index (χ1) is 18.0. The molecule has 8 nitrogen and oxygen atoms in total. The van der Waals surface area contributed by atoms with Gasteiger partial charge in [0.15, 0.2) is 0 Å². The number of carbonyl (C=O) groups is 1. The molecule has 1 aromatic heterocycles. The minimum atomic E-state index is -0.217. The number of aromatic nitrogens is 1. The molecule has 0 spiro atoms. The number of nitrogens with zero attached hydrogens (tertiary/aromatic N) is 3. The van der Waals surface area contributed by atoms with E-state index in [1.165, 1.54) is 18.2 Å². The van der Waals surface area contributed by atoms with Crippen LogP contribution in [0.5, 0.6) is 17.2 Å². The Morgan fingerprint density at radius 2 is 1.59 bits per heavy atom. The molecule has 1 atom stereocenters. The lowest BCUT2D eigenvalue weighted by Crippen LogP contribution is -2.45. The van der Waals surface area contributed by atoms with Gasteiger partial charge < -0.3 is 19.5 Å². The third-order valence-electron chi connectivity index (χ3n) is 6.46. The molecule has 8 heteroatoms. The fourth-order valence-electron chi connectivity index (χ4n) is 4.38. The second kappa shape index (κ2) is 13.1. The van der Waals surface area contributed by atoms with Crippen LogP contribution in [0.4, 0.5) is 0 Å². The summed E-state index contributed by atoms with van der Waals surface area (Å²) in [5, 5.41) is 2.92. The van der Waals surface area contributed by atoms with E-state index in [4.69, 9.17) is 14.2 Å². The van der Waals surface area contributed by atoms with Crippen molar-refractivity contribution in [3.63, 3.8) is 0 Å². The van der Waals surface area contributed by atoms with Gasteiger partial charge in [-0.3, -0.25) is 19.6 Å². The van der Waals surface area contributed by atoms with E-state index in [2.05, 4.69) is 38.3 Å². The minimum Gasteiger partial charge on any atom is -0.497 e. The highest BCUT2D eigenvalue weighted by molar-refractivity contribution is 5.97. The number of benzene rings is 2. The van der Waals surface area contributed by atoms with Gasteiger partial charge in [-0.1, -0.05) is 18.2 Å². The van der Waals surface area contributed by atoms with Crippen LogP contribution < -0.4 is 19.5 Å². The van der Waals surface area contributed by atoms with Crippen LogP contribution in [0.1, 0.15) is 28.4 Å². The second-order valence-electron chi connectivity index (χ2n) is 9.26. The zero-order chi connectivity index (χ0) is 26.0. The number of methoxy groups -OCH3 is 2. The third-order valence-corrected chi connectivity index (χ3v) is 6.46. The van der Waals surface area contributed by atoms with Crippen molar-refractivity contribution in [3.8, 4) is 17.2 Å². The van der Waals surface area contributed by atoms with Gasteiger partial charge in [0.25, 0.3) is 5.91 Å². The third kappa shape index (κ3) is 7.68. The average Bonchev–Trinajstić information content (AvgIpc) is 2.94. The van der Waals surface area contributed by atoms with Gasteiger partial charge in [-0.25, -0.2) is 0 Å². The lowest BCUT2D eigenvalue weighted by atomic mass is 10.1. The molecular weight excluding hydrogens is 468 g/mol. The van der Waals surface area contributed by atoms with E-state index in [0.717, 1.165) is 45.0 Å². The highest BCUT2D eigenvalue weighted by Crippen LogP contribution is 2.24. The second-order valence-corrected chi connectivity index (χ2v) is 9.26. The highest BCUT2D eigenvalue weighted by Gasteiger charge is 2.18. The molecule has 1 fully saturated rings. The molecule has 196 valence electrons. The summed E-state index contributed by atoms with van der Waals surface area (Å²) >= 11 is 0. The number of rotatable bonds is 11. The summed E-state index contributed by atoms with van der Waals surface area (Å²) in [6, 6.07) is 17.5. The lowest BCUT2D eigenvalue weighted by molar-refractivity contribution is 0.0929. The quantitative estimate of drug-likeness (QED) is 0.428. The van der Waals surface area contributed by atoms with Crippen LogP contribution in [0, 0.1) is 0 Å². The van der Waals surface area contributed by atoms with Crippen molar-refractivity contribution in [2.45, 2.75) is 26.1 Å². The number of ether oxygens (including phenoxy) is 3. The van der Waals surface area contributed by atoms with Gasteiger partial charge in [-0.15, -0.1) is 0 Å². The zero-order valence-corrected chi connectivity index (χ0v) is 21.9. The summed E-state index contributed by atoms with van der Waals surface area (Å²) in [5.41, 5.74) is 2.99. The fourth-order valence-corrected chi connectivity index (χ4v) is 4.38. The van der Waals surface area contributed by atoms with Gasteiger partial charge in [-0.05, 0) is 48.4 Å². The number of nitrogens with one attached hydrogen (secondary N) is 1. The molecular formula is C29H36N4O4. The Morgan fingerprint density at radius 1 is 0.919 bits per heavy atom. The monoisotopic (exact) mass is 504 g/mol. The molecule has 1 aliphatic rings. The Morgan fingerprint density at radius 3 is 2.22 bits per heavy atom. The Hall–Kier alpha value is -3.62. The van der Waals surface area contributed by atoms with Crippen molar-refractivity contribution in [1.82, 2.24) is 20.1 Å². The molecule has 37 heavy (non-hydrogen) atoms. The molecule has 1 N–H and O–H groups in total. The van der Waals surface area contributed by atoms with E-state index in [1.54, 1.807) is 25.3 Å². The van der Waals surface area contributed by atoms with Crippen LogP contribution in [-0.2, 0) is 13.1 Å². The number of hydrogen-bond donors (Lipinski definition) is 1. The molecule has 3 aromatic rings. The predicted molar refractivity (Wildman–Crippen MR) is 143 cm³/mol. The Balaban J connectivity index is 1.19. The average molecular weight is 505 g/mol. The van der Waals surface area contributed by atoms with Gasteiger partial charge >= 0.3 is 0 Å². The summed E-state index contributed by atoms with van der Waals surface area (Å²) in [5.74, 6) is 1.67.